The fourth-order valence-corrected chi connectivity index (χ4v) is 7.26. The van der Waals surface area contributed by atoms with Crippen LogP contribution in [0.5, 0.6) is 0 Å². The average molecular weight is 515 g/mol. The summed E-state index contributed by atoms with van der Waals surface area (Å²) in [4.78, 5) is 30.3. The molecule has 2 aliphatic carbocycles. The number of amides is 2. The van der Waals surface area contributed by atoms with Gasteiger partial charge in [-0.2, -0.15) is 0 Å². The van der Waals surface area contributed by atoms with Gasteiger partial charge in [0.25, 0.3) is 0 Å². The van der Waals surface area contributed by atoms with Crippen molar-refractivity contribution in [3.8, 4) is 0 Å². The molecule has 9 heteroatoms. The monoisotopic (exact) mass is 514 g/mol. The molecule has 0 saturated heterocycles. The van der Waals surface area contributed by atoms with E-state index in [0.717, 1.165) is 34.1 Å². The molecule has 1 aromatic heterocycles. The molecule has 1 heterocycles. The number of hydrogen-bond donors (Lipinski definition) is 5. The van der Waals surface area contributed by atoms with Crippen LogP contribution in [-0.2, 0) is 22.6 Å². The molecule has 0 bridgehead atoms. The molecule has 8 nitrogen and oxygen atoms in total. The van der Waals surface area contributed by atoms with Crippen LogP contribution in [0.1, 0.15) is 62.1 Å². The van der Waals surface area contributed by atoms with Gasteiger partial charge in [0, 0.05) is 49.2 Å². The number of nitrogens with zero attached hydrogens (tertiary/aromatic N) is 1. The molecule has 0 radical (unpaired) electrons. The summed E-state index contributed by atoms with van der Waals surface area (Å²) in [5.41, 5.74) is 1.19. The van der Waals surface area contributed by atoms with Crippen LogP contribution < -0.4 is 16.0 Å². The summed E-state index contributed by atoms with van der Waals surface area (Å²) in [5, 5.41) is 31.2. The van der Waals surface area contributed by atoms with Crippen molar-refractivity contribution < 1.29 is 19.8 Å². The maximum Gasteiger partial charge on any atom is 0.220 e. The minimum absolute atomic E-state index is 0.0193. The lowest BCUT2D eigenvalue weighted by Crippen LogP contribution is -2.57. The molecule has 196 valence electrons. The van der Waals surface area contributed by atoms with Crippen molar-refractivity contribution in [2.75, 3.05) is 25.0 Å². The Morgan fingerprint density at radius 2 is 1.89 bits per heavy atom. The van der Waals surface area contributed by atoms with Gasteiger partial charge >= 0.3 is 0 Å². The maximum absolute atomic E-state index is 13.0. The predicted molar refractivity (Wildman–Crippen MR) is 141 cm³/mol. The zero-order valence-corrected chi connectivity index (χ0v) is 22.2. The Kier molecular flexibility index (Phi) is 8.02. The van der Waals surface area contributed by atoms with Crippen LogP contribution in [0.25, 0.3) is 0 Å². The zero-order valence-electron chi connectivity index (χ0n) is 21.3. The van der Waals surface area contributed by atoms with Crippen LogP contribution in [0.2, 0.25) is 0 Å². The lowest BCUT2D eigenvalue weighted by atomic mass is 9.47. The first-order chi connectivity index (χ1) is 17.2. The van der Waals surface area contributed by atoms with Gasteiger partial charge in [-0.15, -0.1) is 11.3 Å². The second-order valence-corrected chi connectivity index (χ2v) is 11.8. The largest absolute Gasteiger partial charge is 0.396 e. The minimum atomic E-state index is -0.646. The van der Waals surface area contributed by atoms with E-state index in [1.165, 1.54) is 6.92 Å². The highest BCUT2D eigenvalue weighted by Gasteiger charge is 2.59. The molecular formula is C27H38N4O4S. The Morgan fingerprint density at radius 3 is 2.58 bits per heavy atom. The number of fused-ring (bicyclic) bond motifs is 2. The quantitative estimate of drug-likeness (QED) is 0.328. The van der Waals surface area contributed by atoms with Crippen LogP contribution in [0.3, 0.4) is 0 Å². The van der Waals surface area contributed by atoms with Crippen molar-refractivity contribution >= 4 is 28.3 Å². The number of aromatic nitrogens is 1. The molecule has 2 aliphatic rings. The summed E-state index contributed by atoms with van der Waals surface area (Å²) in [6.07, 6.45) is 1.77. The third-order valence-corrected chi connectivity index (χ3v) is 9.44. The van der Waals surface area contributed by atoms with E-state index in [2.05, 4.69) is 35.0 Å². The van der Waals surface area contributed by atoms with Gasteiger partial charge in [-0.3, -0.25) is 9.59 Å². The number of benzene rings is 1. The predicted octanol–water partition coefficient (Wildman–Crippen LogP) is 2.81. The third kappa shape index (κ3) is 5.28. The molecule has 0 spiro atoms. The molecule has 5 N–H and O–H groups in total. The number of carbonyl (C=O) groups is 2. The fourth-order valence-electron chi connectivity index (χ4n) is 6.19. The highest BCUT2D eigenvalue weighted by Crippen LogP contribution is 2.62. The average Bonchev–Trinajstić information content (AvgIpc) is 3.27. The first-order valence-corrected chi connectivity index (χ1v) is 13.6. The Bertz CT molecular complexity index is 1080. The fraction of sp³-hybridized carbons (Fsp3) is 0.593. The van der Waals surface area contributed by atoms with Gasteiger partial charge in [0.1, 0.15) is 0 Å². The van der Waals surface area contributed by atoms with E-state index in [1.807, 2.05) is 25.1 Å². The third-order valence-electron chi connectivity index (χ3n) is 8.39. The molecule has 5 unspecified atom stereocenters. The van der Waals surface area contributed by atoms with Crippen LogP contribution in [-0.4, -0.2) is 52.8 Å². The van der Waals surface area contributed by atoms with Crippen molar-refractivity contribution in [3.63, 3.8) is 0 Å². The highest BCUT2D eigenvalue weighted by atomic mass is 32.1. The summed E-state index contributed by atoms with van der Waals surface area (Å²) in [6, 6.07) is 10.1. The minimum Gasteiger partial charge on any atom is -0.396 e. The van der Waals surface area contributed by atoms with Gasteiger partial charge in [0.05, 0.1) is 18.4 Å². The van der Waals surface area contributed by atoms with E-state index < -0.39 is 11.5 Å². The van der Waals surface area contributed by atoms with Gasteiger partial charge in [0.15, 0.2) is 5.13 Å². The lowest BCUT2D eigenvalue weighted by Gasteiger charge is -2.58. The lowest BCUT2D eigenvalue weighted by molar-refractivity contribution is -0.144. The van der Waals surface area contributed by atoms with Crippen LogP contribution in [0.4, 0.5) is 5.13 Å². The van der Waals surface area contributed by atoms with Gasteiger partial charge < -0.3 is 26.2 Å². The summed E-state index contributed by atoms with van der Waals surface area (Å²) in [7, 11) is 0. The van der Waals surface area contributed by atoms with Gasteiger partial charge in [-0.05, 0) is 36.2 Å². The van der Waals surface area contributed by atoms with Gasteiger partial charge in [0.2, 0.25) is 11.8 Å². The number of thiazole rings is 1. The van der Waals surface area contributed by atoms with Crippen molar-refractivity contribution in [2.24, 2.45) is 16.7 Å². The normalized spacial score (nSPS) is 29.1. The maximum atomic E-state index is 13.0. The SMILES string of the molecule is CC(=O)NCCNC(=O)CC1c2nc(NCc3ccccc3)sc2CC2C(C)(CO)C(O)CCC12C. The molecular weight excluding hydrogens is 476 g/mol. The van der Waals surface area contributed by atoms with Crippen molar-refractivity contribution in [1.82, 2.24) is 15.6 Å². The summed E-state index contributed by atoms with van der Waals surface area (Å²) >= 11 is 1.61. The first-order valence-electron chi connectivity index (χ1n) is 12.7. The first kappa shape index (κ1) is 26.6. The second-order valence-electron chi connectivity index (χ2n) is 10.7. The van der Waals surface area contributed by atoms with Crippen molar-refractivity contribution in [2.45, 2.75) is 65.0 Å². The molecule has 36 heavy (non-hydrogen) atoms. The van der Waals surface area contributed by atoms with Crippen LogP contribution in [0, 0.1) is 16.7 Å². The molecule has 5 atom stereocenters. The molecule has 1 saturated carbocycles. The van der Waals surface area contributed by atoms with E-state index in [1.54, 1.807) is 11.3 Å². The topological polar surface area (TPSA) is 124 Å². The molecule has 1 aromatic carbocycles. The molecule has 2 aromatic rings. The number of aliphatic hydroxyl groups is 2. The van der Waals surface area contributed by atoms with Crippen molar-refractivity contribution in [1.29, 1.82) is 0 Å². The number of carbonyl (C=O) groups excluding carboxylic acids is 2. The number of hydrogen-bond acceptors (Lipinski definition) is 7. The summed E-state index contributed by atoms with van der Waals surface area (Å²) < 4.78 is 0. The van der Waals surface area contributed by atoms with Crippen molar-refractivity contribution in [3.05, 3.63) is 46.5 Å². The number of aliphatic hydroxyl groups excluding tert-OH is 2. The Morgan fingerprint density at radius 1 is 1.17 bits per heavy atom. The Balaban J connectivity index is 1.60. The smallest absolute Gasteiger partial charge is 0.220 e. The molecule has 1 fully saturated rings. The second kappa shape index (κ2) is 10.9. The van der Waals surface area contributed by atoms with Gasteiger partial charge in [-0.25, -0.2) is 4.98 Å². The molecule has 2 amide bonds. The van der Waals surface area contributed by atoms with E-state index >= 15 is 0 Å². The number of nitrogens with one attached hydrogen (secondary N) is 3. The van der Waals surface area contributed by atoms with Gasteiger partial charge in [-0.1, -0.05) is 44.2 Å². The van der Waals surface area contributed by atoms with Crippen LogP contribution >= 0.6 is 11.3 Å². The molecule has 4 rings (SSSR count). The summed E-state index contributed by atoms with van der Waals surface area (Å²) in [6.45, 7) is 6.94. The Labute approximate surface area is 216 Å². The zero-order chi connectivity index (χ0) is 25.9. The standard InChI is InChI=1S/C27H38N4O4S/c1-17(33)28-11-12-29-23(35)13-19-24-20(36-25(31-24)30-15-18-7-5-4-6-8-18)14-21-26(19,2)10-9-22(34)27(21,3)16-32/h4-8,19,21-22,32,34H,9-16H2,1-3H3,(H,28,33)(H,29,35)(H,30,31). The Hall–Kier alpha value is -2.49. The van der Waals surface area contributed by atoms with E-state index in [-0.39, 0.29) is 42.1 Å². The number of anilines is 1. The summed E-state index contributed by atoms with van der Waals surface area (Å²) in [5.74, 6) is -0.319. The van der Waals surface area contributed by atoms with E-state index in [9.17, 15) is 19.8 Å². The highest BCUT2D eigenvalue weighted by molar-refractivity contribution is 7.15. The number of rotatable bonds is 9. The molecule has 0 aliphatic heterocycles. The van der Waals surface area contributed by atoms with E-state index in [4.69, 9.17) is 4.98 Å². The van der Waals surface area contributed by atoms with E-state index in [0.29, 0.717) is 26.1 Å². The van der Waals surface area contributed by atoms with Crippen LogP contribution in [0.15, 0.2) is 30.3 Å².